The number of nitrogens with one attached hydrogen (secondary N) is 2. The van der Waals surface area contributed by atoms with Crippen molar-refractivity contribution < 1.29 is 17.9 Å². The number of benzene rings is 2. The maximum Gasteiger partial charge on any atom is 0.279 e. The molecule has 8 heteroatoms. The minimum atomic E-state index is -3.58. The number of morpholine rings is 1. The molecular weight excluding hydrogens is 390 g/mol. The van der Waals surface area contributed by atoms with Gasteiger partial charge in [0, 0.05) is 42.7 Å². The number of aromatic nitrogens is 1. The van der Waals surface area contributed by atoms with Crippen molar-refractivity contribution in [2.75, 3.05) is 40.0 Å². The van der Waals surface area contributed by atoms with Gasteiger partial charge in [-0.3, -0.25) is 0 Å². The molecule has 0 saturated carbocycles. The molecule has 0 radical (unpaired) electrons. The first-order valence-corrected chi connectivity index (χ1v) is 11.0. The van der Waals surface area contributed by atoms with Crippen LogP contribution in [-0.4, -0.2) is 57.7 Å². The average Bonchev–Trinajstić information content (AvgIpc) is 3.19. The fraction of sp³-hybridized carbons (Fsp3) is 0.333. The lowest BCUT2D eigenvalue weighted by atomic mass is 9.91. The third-order valence-electron chi connectivity index (χ3n) is 5.29. The molecule has 0 unspecified atom stereocenters. The SMILES string of the molecule is COc1ccc([C@@H](CNS(=O)(=O)N2CCOCC2)c2c[nH]c3ccccc23)cc1. The van der Waals surface area contributed by atoms with Gasteiger partial charge in [-0.1, -0.05) is 30.3 Å². The molecule has 1 aliphatic heterocycles. The summed E-state index contributed by atoms with van der Waals surface area (Å²) in [6, 6.07) is 15.8. The Labute approximate surface area is 170 Å². The molecular formula is C21H25N3O4S. The monoisotopic (exact) mass is 415 g/mol. The Morgan fingerprint density at radius 2 is 1.86 bits per heavy atom. The third kappa shape index (κ3) is 4.30. The Morgan fingerprint density at radius 1 is 1.14 bits per heavy atom. The van der Waals surface area contributed by atoms with Crippen LogP contribution < -0.4 is 9.46 Å². The standard InChI is InChI=1S/C21H25N3O4S/c1-27-17-8-6-16(7-9-17)19(20-14-22-21-5-3-2-4-18(20)21)15-23-29(25,26)24-10-12-28-13-11-24/h2-9,14,19,22-23H,10-13,15H2,1H3/t19-/m1/s1. The minimum Gasteiger partial charge on any atom is -0.497 e. The van der Waals surface area contributed by atoms with Crippen LogP contribution in [0, 0.1) is 0 Å². The van der Waals surface area contributed by atoms with E-state index in [-0.39, 0.29) is 12.5 Å². The predicted molar refractivity (Wildman–Crippen MR) is 112 cm³/mol. The normalized spacial score (nSPS) is 16.7. The van der Waals surface area contributed by atoms with Crippen molar-refractivity contribution >= 4 is 21.1 Å². The van der Waals surface area contributed by atoms with Crippen LogP contribution in [0.4, 0.5) is 0 Å². The molecule has 2 aromatic carbocycles. The van der Waals surface area contributed by atoms with Gasteiger partial charge in [0.15, 0.2) is 0 Å². The lowest BCUT2D eigenvalue weighted by Crippen LogP contribution is -2.47. The van der Waals surface area contributed by atoms with Crippen LogP contribution >= 0.6 is 0 Å². The number of para-hydroxylation sites is 1. The zero-order valence-electron chi connectivity index (χ0n) is 16.3. The first-order chi connectivity index (χ1) is 14.1. The zero-order chi connectivity index (χ0) is 20.3. The third-order valence-corrected chi connectivity index (χ3v) is 6.87. The van der Waals surface area contributed by atoms with Gasteiger partial charge in [0.1, 0.15) is 5.75 Å². The second-order valence-electron chi connectivity index (χ2n) is 6.98. The minimum absolute atomic E-state index is 0.145. The van der Waals surface area contributed by atoms with Crippen molar-refractivity contribution in [3.05, 3.63) is 65.9 Å². The van der Waals surface area contributed by atoms with E-state index in [0.717, 1.165) is 27.8 Å². The maximum absolute atomic E-state index is 12.8. The average molecular weight is 416 g/mol. The number of rotatable bonds is 7. The van der Waals surface area contributed by atoms with Crippen molar-refractivity contribution in [1.82, 2.24) is 14.0 Å². The summed E-state index contributed by atoms with van der Waals surface area (Å²) in [7, 11) is -1.95. The first-order valence-electron chi connectivity index (χ1n) is 9.61. The second kappa shape index (κ2) is 8.54. The van der Waals surface area contributed by atoms with E-state index >= 15 is 0 Å². The first kappa shape index (κ1) is 19.9. The van der Waals surface area contributed by atoms with Crippen molar-refractivity contribution in [2.24, 2.45) is 0 Å². The molecule has 2 N–H and O–H groups in total. The Kier molecular flexibility index (Phi) is 5.86. The van der Waals surface area contributed by atoms with Crippen molar-refractivity contribution in [2.45, 2.75) is 5.92 Å². The van der Waals surface area contributed by atoms with E-state index in [4.69, 9.17) is 9.47 Å². The van der Waals surface area contributed by atoms with Crippen molar-refractivity contribution in [1.29, 1.82) is 0 Å². The number of nitrogens with zero attached hydrogens (tertiary/aromatic N) is 1. The van der Waals surface area contributed by atoms with Gasteiger partial charge in [0.2, 0.25) is 0 Å². The molecule has 0 spiro atoms. The van der Waals surface area contributed by atoms with E-state index < -0.39 is 10.2 Å². The summed E-state index contributed by atoms with van der Waals surface area (Å²) < 4.78 is 40.4. The van der Waals surface area contributed by atoms with Crippen LogP contribution in [0.5, 0.6) is 5.75 Å². The van der Waals surface area contributed by atoms with Crippen LogP contribution in [0.25, 0.3) is 10.9 Å². The van der Waals surface area contributed by atoms with Gasteiger partial charge in [0.25, 0.3) is 10.2 Å². The molecule has 0 aliphatic carbocycles. The van der Waals surface area contributed by atoms with E-state index in [9.17, 15) is 8.42 Å². The van der Waals surface area contributed by atoms with Crippen LogP contribution in [0.3, 0.4) is 0 Å². The van der Waals surface area contributed by atoms with Gasteiger partial charge < -0.3 is 14.5 Å². The number of H-pyrrole nitrogens is 1. The number of methoxy groups -OCH3 is 1. The van der Waals surface area contributed by atoms with Gasteiger partial charge in [0.05, 0.1) is 20.3 Å². The number of ether oxygens (including phenoxy) is 2. The summed E-state index contributed by atoms with van der Waals surface area (Å²) in [5.41, 5.74) is 3.09. The summed E-state index contributed by atoms with van der Waals surface area (Å²) >= 11 is 0. The fourth-order valence-corrected chi connectivity index (χ4v) is 4.88. The Bertz CT molecular complexity index is 1060. The van der Waals surface area contributed by atoms with E-state index in [1.807, 2.05) is 54.7 Å². The van der Waals surface area contributed by atoms with Gasteiger partial charge in [-0.25, -0.2) is 4.72 Å². The van der Waals surface area contributed by atoms with Crippen LogP contribution in [-0.2, 0) is 14.9 Å². The molecule has 0 bridgehead atoms. The number of fused-ring (bicyclic) bond motifs is 1. The molecule has 7 nitrogen and oxygen atoms in total. The summed E-state index contributed by atoms with van der Waals surface area (Å²) in [6.07, 6.45) is 1.96. The molecule has 1 aromatic heterocycles. The highest BCUT2D eigenvalue weighted by Gasteiger charge is 2.26. The van der Waals surface area contributed by atoms with Gasteiger partial charge in [-0.05, 0) is 29.3 Å². The number of aromatic amines is 1. The van der Waals surface area contributed by atoms with Crippen LogP contribution in [0.1, 0.15) is 17.0 Å². The topological polar surface area (TPSA) is 83.7 Å². The molecule has 1 fully saturated rings. The molecule has 1 atom stereocenters. The predicted octanol–water partition coefficient (Wildman–Crippen LogP) is 2.48. The largest absolute Gasteiger partial charge is 0.497 e. The molecule has 3 aromatic rings. The Morgan fingerprint density at radius 3 is 2.59 bits per heavy atom. The van der Waals surface area contributed by atoms with Crippen molar-refractivity contribution in [3.8, 4) is 5.75 Å². The summed E-state index contributed by atoms with van der Waals surface area (Å²) in [5, 5.41) is 1.08. The van der Waals surface area contributed by atoms with E-state index in [2.05, 4.69) is 9.71 Å². The molecule has 1 saturated heterocycles. The fourth-order valence-electron chi connectivity index (χ4n) is 3.69. The van der Waals surface area contributed by atoms with Gasteiger partial charge >= 0.3 is 0 Å². The molecule has 1 aliphatic rings. The lowest BCUT2D eigenvalue weighted by Gasteiger charge is -2.27. The van der Waals surface area contributed by atoms with E-state index in [1.165, 1.54) is 4.31 Å². The summed E-state index contributed by atoms with van der Waals surface area (Å²) in [6.45, 7) is 1.84. The van der Waals surface area contributed by atoms with E-state index in [1.54, 1.807) is 7.11 Å². The van der Waals surface area contributed by atoms with E-state index in [0.29, 0.717) is 26.3 Å². The smallest absolute Gasteiger partial charge is 0.279 e. The highest BCUT2D eigenvalue weighted by Crippen LogP contribution is 2.31. The van der Waals surface area contributed by atoms with Crippen LogP contribution in [0.15, 0.2) is 54.7 Å². The number of hydrogen-bond donors (Lipinski definition) is 2. The van der Waals surface area contributed by atoms with Crippen LogP contribution in [0.2, 0.25) is 0 Å². The quantitative estimate of drug-likeness (QED) is 0.621. The van der Waals surface area contributed by atoms with Gasteiger partial charge in [-0.15, -0.1) is 0 Å². The van der Waals surface area contributed by atoms with Gasteiger partial charge in [-0.2, -0.15) is 12.7 Å². The Balaban J connectivity index is 1.64. The summed E-state index contributed by atoms with van der Waals surface area (Å²) in [4.78, 5) is 3.29. The zero-order valence-corrected chi connectivity index (χ0v) is 17.1. The second-order valence-corrected chi connectivity index (χ2v) is 8.74. The number of hydrogen-bond acceptors (Lipinski definition) is 4. The molecule has 0 amide bonds. The lowest BCUT2D eigenvalue weighted by molar-refractivity contribution is 0.0725. The Hall–Kier alpha value is -2.39. The molecule has 154 valence electrons. The highest BCUT2D eigenvalue weighted by molar-refractivity contribution is 7.87. The maximum atomic E-state index is 12.8. The summed E-state index contributed by atoms with van der Waals surface area (Å²) in [5.74, 6) is 0.619. The molecule has 4 rings (SSSR count). The molecule has 29 heavy (non-hydrogen) atoms. The molecule has 2 heterocycles. The highest BCUT2D eigenvalue weighted by atomic mass is 32.2. The van der Waals surface area contributed by atoms with Crippen molar-refractivity contribution in [3.63, 3.8) is 0 Å².